The number of carbonyl (C=O) groups is 1. The highest BCUT2D eigenvalue weighted by Crippen LogP contribution is 2.42. The molecule has 1 N–H and O–H groups in total. The van der Waals surface area contributed by atoms with Gasteiger partial charge in [-0.05, 0) is 48.2 Å². The summed E-state index contributed by atoms with van der Waals surface area (Å²) >= 11 is 0. The Hall–Kier alpha value is -2.95. The van der Waals surface area contributed by atoms with Gasteiger partial charge in [0.05, 0.1) is 11.9 Å². The minimum Gasteiger partial charge on any atom is -0.481 e. The molecule has 2 aromatic carbocycles. The van der Waals surface area contributed by atoms with E-state index in [0.717, 1.165) is 16.9 Å². The van der Waals surface area contributed by atoms with Gasteiger partial charge in [-0.15, -0.1) is 0 Å². The van der Waals surface area contributed by atoms with Crippen LogP contribution >= 0.6 is 0 Å². The minimum absolute atomic E-state index is 0.289. The normalized spacial score (nSPS) is 19.0. The summed E-state index contributed by atoms with van der Waals surface area (Å²) in [5, 5.41) is 14.4. The lowest BCUT2D eigenvalue weighted by Crippen LogP contribution is -2.38. The van der Waals surface area contributed by atoms with Gasteiger partial charge in [0.15, 0.2) is 0 Å². The van der Waals surface area contributed by atoms with Crippen molar-refractivity contribution >= 4 is 5.97 Å². The Morgan fingerprint density at radius 3 is 2.64 bits per heavy atom. The molecule has 1 aliphatic carbocycles. The quantitative estimate of drug-likeness (QED) is 0.797. The van der Waals surface area contributed by atoms with E-state index in [-0.39, 0.29) is 12.2 Å². The summed E-state index contributed by atoms with van der Waals surface area (Å²) in [4.78, 5) is 12.2. The molecule has 25 heavy (non-hydrogen) atoms. The van der Waals surface area contributed by atoms with E-state index in [1.54, 1.807) is 29.9 Å². The number of para-hydroxylation sites is 1. The lowest BCUT2D eigenvalue weighted by atomic mass is 9.76. The maximum absolute atomic E-state index is 14.1. The number of rotatable bonds is 3. The van der Waals surface area contributed by atoms with Crippen LogP contribution in [0.4, 0.5) is 4.39 Å². The number of fused-ring (bicyclic) bond motifs is 1. The molecule has 0 radical (unpaired) electrons. The Labute approximate surface area is 144 Å². The molecule has 4 nitrogen and oxygen atoms in total. The molecule has 3 aromatic rings. The van der Waals surface area contributed by atoms with Crippen LogP contribution in [0.5, 0.6) is 0 Å². The summed E-state index contributed by atoms with van der Waals surface area (Å²) in [6.07, 6.45) is 2.33. The van der Waals surface area contributed by atoms with E-state index in [4.69, 9.17) is 0 Å². The number of nitrogens with zero attached hydrogens (tertiary/aromatic N) is 2. The van der Waals surface area contributed by atoms with Crippen LogP contribution in [-0.2, 0) is 23.1 Å². The van der Waals surface area contributed by atoms with E-state index in [2.05, 4.69) is 5.10 Å². The van der Waals surface area contributed by atoms with Gasteiger partial charge in [0.2, 0.25) is 0 Å². The molecule has 5 heteroatoms. The number of halogens is 1. The molecule has 126 valence electrons. The van der Waals surface area contributed by atoms with E-state index in [1.165, 1.54) is 6.07 Å². The van der Waals surface area contributed by atoms with E-state index >= 15 is 0 Å². The molecule has 4 rings (SSSR count). The molecule has 0 saturated carbocycles. The van der Waals surface area contributed by atoms with Gasteiger partial charge in [0, 0.05) is 12.1 Å². The zero-order valence-electron chi connectivity index (χ0n) is 13.7. The molecule has 1 aliphatic rings. The molecule has 1 atom stereocenters. The van der Waals surface area contributed by atoms with Gasteiger partial charge < -0.3 is 5.11 Å². The van der Waals surface area contributed by atoms with Crippen molar-refractivity contribution in [3.63, 3.8) is 0 Å². The zero-order chi connectivity index (χ0) is 17.6. The van der Waals surface area contributed by atoms with Crippen molar-refractivity contribution in [3.8, 4) is 5.69 Å². The van der Waals surface area contributed by atoms with Crippen LogP contribution in [0.3, 0.4) is 0 Å². The third kappa shape index (κ3) is 2.27. The molecule has 0 spiro atoms. The second kappa shape index (κ2) is 5.55. The first-order valence-electron chi connectivity index (χ1n) is 8.13. The summed E-state index contributed by atoms with van der Waals surface area (Å²) in [7, 11) is 0. The summed E-state index contributed by atoms with van der Waals surface area (Å²) in [5.74, 6) is -1.31. The number of hydrogen-bond acceptors (Lipinski definition) is 2. The Bertz CT molecular complexity index is 965. The topological polar surface area (TPSA) is 55.1 Å². The first-order valence-corrected chi connectivity index (χ1v) is 8.13. The van der Waals surface area contributed by atoms with Crippen LogP contribution in [0.25, 0.3) is 5.69 Å². The molecule has 0 aliphatic heterocycles. The number of carboxylic acid groups (broad SMARTS) is 1. The van der Waals surface area contributed by atoms with Gasteiger partial charge in [-0.1, -0.05) is 30.3 Å². The van der Waals surface area contributed by atoms with E-state index in [0.29, 0.717) is 17.5 Å². The Kier molecular flexibility index (Phi) is 3.46. The monoisotopic (exact) mass is 336 g/mol. The van der Waals surface area contributed by atoms with Crippen LogP contribution in [0.15, 0.2) is 54.7 Å². The highest BCUT2D eigenvalue weighted by atomic mass is 19.1. The first kappa shape index (κ1) is 15.6. The predicted molar refractivity (Wildman–Crippen MR) is 91.4 cm³/mol. The zero-order valence-corrected chi connectivity index (χ0v) is 13.7. The first-order chi connectivity index (χ1) is 12.0. The fourth-order valence-corrected chi connectivity index (χ4v) is 3.79. The maximum Gasteiger partial charge on any atom is 0.314 e. The molecule has 0 bridgehead atoms. The Balaban J connectivity index is 1.84. The van der Waals surface area contributed by atoms with Gasteiger partial charge in [0.25, 0.3) is 0 Å². The van der Waals surface area contributed by atoms with Crippen LogP contribution in [0.1, 0.15) is 22.4 Å². The summed E-state index contributed by atoms with van der Waals surface area (Å²) < 4.78 is 15.8. The van der Waals surface area contributed by atoms with Crippen LogP contribution in [-0.4, -0.2) is 20.9 Å². The number of aromatic nitrogens is 2. The van der Waals surface area contributed by atoms with Gasteiger partial charge >= 0.3 is 5.97 Å². The standard InChI is InChI=1S/C20H17FN2O2/c1-13-16(8-5-9-17(13)21)20(19(24)25)10-14-12-22-23(18(14)11-20)15-6-3-2-4-7-15/h2-9,12H,10-11H2,1H3,(H,24,25). The van der Waals surface area contributed by atoms with Gasteiger partial charge in [-0.3, -0.25) is 4.79 Å². The third-order valence-electron chi connectivity index (χ3n) is 5.11. The van der Waals surface area contributed by atoms with Crippen molar-refractivity contribution in [2.45, 2.75) is 25.2 Å². The highest BCUT2D eigenvalue weighted by molar-refractivity contribution is 5.84. The summed E-state index contributed by atoms with van der Waals surface area (Å²) in [6.45, 7) is 1.64. The number of carboxylic acids is 1. The molecule has 0 fully saturated rings. The molecule has 0 saturated heterocycles. The third-order valence-corrected chi connectivity index (χ3v) is 5.11. The van der Waals surface area contributed by atoms with E-state index in [1.807, 2.05) is 30.3 Å². The Morgan fingerprint density at radius 1 is 1.16 bits per heavy atom. The Morgan fingerprint density at radius 2 is 1.92 bits per heavy atom. The van der Waals surface area contributed by atoms with Gasteiger partial charge in [0.1, 0.15) is 11.2 Å². The average Bonchev–Trinajstić information content (AvgIpc) is 3.16. The fraction of sp³-hybridized carbons (Fsp3) is 0.200. The van der Waals surface area contributed by atoms with Crippen LogP contribution in [0, 0.1) is 12.7 Å². The van der Waals surface area contributed by atoms with Crippen molar-refractivity contribution in [2.24, 2.45) is 0 Å². The molecular formula is C20H17FN2O2. The summed E-state index contributed by atoms with van der Waals surface area (Å²) in [6, 6.07) is 14.3. The highest BCUT2D eigenvalue weighted by Gasteiger charge is 2.48. The fourth-order valence-electron chi connectivity index (χ4n) is 3.79. The number of aliphatic carboxylic acids is 1. The van der Waals surface area contributed by atoms with Gasteiger partial charge in [-0.2, -0.15) is 5.10 Å². The second-order valence-corrected chi connectivity index (χ2v) is 6.52. The van der Waals surface area contributed by atoms with E-state index < -0.39 is 11.4 Å². The molecule has 1 aromatic heterocycles. The van der Waals surface area contributed by atoms with Crippen molar-refractivity contribution in [3.05, 3.63) is 82.9 Å². The van der Waals surface area contributed by atoms with Gasteiger partial charge in [-0.25, -0.2) is 9.07 Å². The van der Waals surface area contributed by atoms with E-state index in [9.17, 15) is 14.3 Å². The number of benzene rings is 2. The van der Waals surface area contributed by atoms with Crippen LogP contribution in [0.2, 0.25) is 0 Å². The minimum atomic E-state index is -1.16. The van der Waals surface area contributed by atoms with Crippen LogP contribution < -0.4 is 0 Å². The maximum atomic E-state index is 14.1. The lowest BCUT2D eigenvalue weighted by Gasteiger charge is -2.26. The molecular weight excluding hydrogens is 319 g/mol. The molecule has 1 heterocycles. The summed E-state index contributed by atoms with van der Waals surface area (Å²) in [5.41, 5.74) is 2.44. The molecule has 0 amide bonds. The lowest BCUT2D eigenvalue weighted by molar-refractivity contribution is -0.143. The predicted octanol–water partition coefficient (Wildman–Crippen LogP) is 3.44. The second-order valence-electron chi connectivity index (χ2n) is 6.52. The average molecular weight is 336 g/mol. The van der Waals surface area contributed by atoms with Crippen molar-refractivity contribution in [1.29, 1.82) is 0 Å². The largest absolute Gasteiger partial charge is 0.481 e. The van der Waals surface area contributed by atoms with Crippen molar-refractivity contribution < 1.29 is 14.3 Å². The SMILES string of the molecule is Cc1c(F)cccc1C1(C(=O)O)Cc2cnn(-c3ccccc3)c2C1. The number of hydrogen-bond donors (Lipinski definition) is 1. The molecule has 1 unspecified atom stereocenters. The smallest absolute Gasteiger partial charge is 0.314 e. The van der Waals surface area contributed by atoms with Crippen molar-refractivity contribution in [2.75, 3.05) is 0 Å². The van der Waals surface area contributed by atoms with Crippen molar-refractivity contribution in [1.82, 2.24) is 9.78 Å².